The fourth-order valence-corrected chi connectivity index (χ4v) is 6.49. The average Bonchev–Trinajstić information content (AvgIpc) is 3.64. The minimum absolute atomic E-state index is 0.0483. The Kier molecular flexibility index (Phi) is 7.43. The summed E-state index contributed by atoms with van der Waals surface area (Å²) in [6.07, 6.45) is 5.20. The van der Waals surface area contributed by atoms with Gasteiger partial charge in [-0.2, -0.15) is 0 Å². The van der Waals surface area contributed by atoms with E-state index in [2.05, 4.69) is 4.90 Å². The normalized spacial score (nSPS) is 24.6. The van der Waals surface area contributed by atoms with E-state index < -0.39 is 21.3 Å². The lowest BCUT2D eigenvalue weighted by atomic mass is 9.85. The van der Waals surface area contributed by atoms with Crippen LogP contribution < -0.4 is 4.74 Å². The first-order chi connectivity index (χ1) is 16.0. The largest absolute Gasteiger partial charge is 0.490 e. The van der Waals surface area contributed by atoms with Gasteiger partial charge < -0.3 is 14.4 Å². The van der Waals surface area contributed by atoms with Crippen molar-refractivity contribution in [1.82, 2.24) is 9.80 Å². The molecule has 4 rings (SSSR count). The summed E-state index contributed by atoms with van der Waals surface area (Å²) in [6.45, 7) is 9.15. The van der Waals surface area contributed by atoms with Crippen LogP contribution in [-0.4, -0.2) is 74.0 Å². The molecule has 1 saturated heterocycles. The average molecular weight is 497 g/mol. The van der Waals surface area contributed by atoms with Crippen LogP contribution in [-0.2, 0) is 14.6 Å². The number of rotatable bonds is 6. The van der Waals surface area contributed by atoms with Gasteiger partial charge in [0.25, 0.3) is 0 Å². The van der Waals surface area contributed by atoms with Crippen molar-refractivity contribution >= 4 is 15.9 Å². The highest BCUT2D eigenvalue weighted by molar-refractivity contribution is 7.92. The summed E-state index contributed by atoms with van der Waals surface area (Å²) in [7, 11) is -3.40. The number of carbonyl (C=O) groups is 1. The lowest BCUT2D eigenvalue weighted by Crippen LogP contribution is -2.53. The van der Waals surface area contributed by atoms with E-state index in [1.54, 1.807) is 4.90 Å². The van der Waals surface area contributed by atoms with E-state index in [9.17, 15) is 17.6 Å². The second kappa shape index (κ2) is 10.0. The molecule has 0 N–H and O–H groups in total. The Bertz CT molecular complexity index is 974. The highest BCUT2D eigenvalue weighted by Crippen LogP contribution is 2.35. The maximum atomic E-state index is 14.5. The van der Waals surface area contributed by atoms with E-state index in [0.29, 0.717) is 44.5 Å². The van der Waals surface area contributed by atoms with Gasteiger partial charge in [-0.25, -0.2) is 17.6 Å². The van der Waals surface area contributed by atoms with Gasteiger partial charge >= 0.3 is 6.09 Å². The Morgan fingerprint density at radius 1 is 1.03 bits per heavy atom. The van der Waals surface area contributed by atoms with Crippen LogP contribution in [0.2, 0.25) is 0 Å². The molecule has 9 heteroatoms. The molecular formula is C25H37FN2O5S. The SMILES string of the molecule is CC(C)(C)OC(=O)N1CCN(C2CCC(COc3ccc(S(=O)(=O)C4CC4)cc3F)CC2)CC1. The first-order valence-corrected chi connectivity index (χ1v) is 14.0. The Morgan fingerprint density at radius 2 is 1.68 bits per heavy atom. The summed E-state index contributed by atoms with van der Waals surface area (Å²) >= 11 is 0. The predicted octanol–water partition coefficient (Wildman–Crippen LogP) is 4.25. The Labute approximate surface area is 202 Å². The number of nitrogens with zero attached hydrogens (tertiary/aromatic N) is 2. The summed E-state index contributed by atoms with van der Waals surface area (Å²) in [5, 5.41) is -0.353. The van der Waals surface area contributed by atoms with E-state index in [4.69, 9.17) is 9.47 Å². The molecule has 34 heavy (non-hydrogen) atoms. The molecule has 1 aliphatic heterocycles. The lowest BCUT2D eigenvalue weighted by molar-refractivity contribution is 0.00652. The number of benzene rings is 1. The Morgan fingerprint density at radius 3 is 2.24 bits per heavy atom. The van der Waals surface area contributed by atoms with Crippen molar-refractivity contribution in [3.05, 3.63) is 24.0 Å². The summed E-state index contributed by atoms with van der Waals surface area (Å²) in [6, 6.07) is 4.50. The second-order valence-electron chi connectivity index (χ2n) is 10.8. The molecule has 0 atom stereocenters. The van der Waals surface area contributed by atoms with Gasteiger partial charge in [0.05, 0.1) is 16.8 Å². The summed E-state index contributed by atoms with van der Waals surface area (Å²) in [5.74, 6) is -0.137. The van der Waals surface area contributed by atoms with E-state index in [1.165, 1.54) is 12.1 Å². The van der Waals surface area contributed by atoms with Gasteiger partial charge in [0.15, 0.2) is 21.4 Å². The summed E-state index contributed by atoms with van der Waals surface area (Å²) in [5.41, 5.74) is -0.478. The fraction of sp³-hybridized carbons (Fsp3) is 0.720. The van der Waals surface area contributed by atoms with Crippen LogP contribution in [0.4, 0.5) is 9.18 Å². The van der Waals surface area contributed by atoms with Crippen molar-refractivity contribution in [1.29, 1.82) is 0 Å². The maximum absolute atomic E-state index is 14.5. The monoisotopic (exact) mass is 496 g/mol. The van der Waals surface area contributed by atoms with Crippen LogP contribution >= 0.6 is 0 Å². The molecule has 2 aliphatic carbocycles. The van der Waals surface area contributed by atoms with Gasteiger partial charge in [0.1, 0.15) is 5.60 Å². The molecular weight excluding hydrogens is 459 g/mol. The van der Waals surface area contributed by atoms with Gasteiger partial charge in [-0.1, -0.05) is 0 Å². The van der Waals surface area contributed by atoms with Gasteiger partial charge in [0.2, 0.25) is 0 Å². The Balaban J connectivity index is 1.20. The number of halogens is 1. The minimum atomic E-state index is -3.40. The zero-order valence-corrected chi connectivity index (χ0v) is 21.3. The maximum Gasteiger partial charge on any atom is 0.410 e. The molecule has 0 radical (unpaired) electrons. The number of hydrogen-bond acceptors (Lipinski definition) is 6. The molecule has 0 aromatic heterocycles. The highest BCUT2D eigenvalue weighted by Gasteiger charge is 2.37. The summed E-state index contributed by atoms with van der Waals surface area (Å²) in [4.78, 5) is 16.6. The van der Waals surface area contributed by atoms with Crippen LogP contribution in [0.15, 0.2) is 23.1 Å². The molecule has 7 nitrogen and oxygen atoms in total. The smallest absolute Gasteiger partial charge is 0.410 e. The van der Waals surface area contributed by atoms with E-state index in [-0.39, 0.29) is 22.0 Å². The standard InChI is InChI=1S/C25H37FN2O5S/c1-25(2,3)33-24(29)28-14-12-27(13-15-28)19-6-4-18(5-7-19)17-32-23-11-10-21(16-22(23)26)34(30,31)20-8-9-20/h10-11,16,18-20H,4-9,12-15,17H2,1-3H3. The molecule has 1 amide bonds. The molecule has 2 saturated carbocycles. The van der Waals surface area contributed by atoms with Crippen LogP contribution in [0.3, 0.4) is 0 Å². The number of piperazine rings is 1. The van der Waals surface area contributed by atoms with Gasteiger partial charge in [-0.3, -0.25) is 4.90 Å². The van der Waals surface area contributed by atoms with Crippen LogP contribution in [0.25, 0.3) is 0 Å². The molecule has 1 heterocycles. The third-order valence-electron chi connectivity index (χ3n) is 6.97. The molecule has 0 spiro atoms. The molecule has 3 aliphatic rings. The first kappa shape index (κ1) is 25.2. The lowest BCUT2D eigenvalue weighted by Gasteiger charge is -2.42. The quantitative estimate of drug-likeness (QED) is 0.586. The molecule has 1 aromatic rings. The Hall–Kier alpha value is -1.87. The van der Waals surface area contributed by atoms with Crippen LogP contribution in [0.5, 0.6) is 5.75 Å². The van der Waals surface area contributed by atoms with Crippen molar-refractivity contribution in [2.45, 2.75) is 81.1 Å². The van der Waals surface area contributed by atoms with Crippen molar-refractivity contribution in [3.63, 3.8) is 0 Å². The van der Waals surface area contributed by atoms with Crippen LogP contribution in [0, 0.1) is 11.7 Å². The topological polar surface area (TPSA) is 76.2 Å². The third-order valence-corrected chi connectivity index (χ3v) is 9.23. The third kappa shape index (κ3) is 6.22. The molecule has 190 valence electrons. The second-order valence-corrected chi connectivity index (χ2v) is 13.1. The first-order valence-electron chi connectivity index (χ1n) is 12.4. The highest BCUT2D eigenvalue weighted by atomic mass is 32.2. The van der Waals surface area contributed by atoms with Crippen LogP contribution in [0.1, 0.15) is 59.3 Å². The number of sulfone groups is 1. The predicted molar refractivity (Wildman–Crippen MR) is 127 cm³/mol. The van der Waals surface area contributed by atoms with Gasteiger partial charge in [-0.15, -0.1) is 0 Å². The fourth-order valence-electron chi connectivity index (χ4n) is 4.83. The molecule has 1 aromatic carbocycles. The van der Waals surface area contributed by atoms with E-state index in [0.717, 1.165) is 44.8 Å². The molecule has 3 fully saturated rings. The number of carbonyl (C=O) groups excluding carboxylic acids is 1. The number of ether oxygens (including phenoxy) is 2. The minimum Gasteiger partial charge on any atom is -0.490 e. The zero-order valence-electron chi connectivity index (χ0n) is 20.5. The van der Waals surface area contributed by atoms with E-state index in [1.807, 2.05) is 20.8 Å². The van der Waals surface area contributed by atoms with Crippen molar-refractivity contribution in [3.8, 4) is 5.75 Å². The molecule has 0 bridgehead atoms. The summed E-state index contributed by atoms with van der Waals surface area (Å²) < 4.78 is 50.3. The van der Waals surface area contributed by atoms with Crippen molar-refractivity contribution in [2.75, 3.05) is 32.8 Å². The zero-order chi connectivity index (χ0) is 24.5. The number of amides is 1. The molecule has 0 unspecified atom stereocenters. The van der Waals surface area contributed by atoms with Gasteiger partial charge in [-0.05, 0) is 83.4 Å². The van der Waals surface area contributed by atoms with Gasteiger partial charge in [0, 0.05) is 32.2 Å². The van der Waals surface area contributed by atoms with Crippen molar-refractivity contribution < 1.29 is 27.1 Å². The number of hydrogen-bond donors (Lipinski definition) is 0. The van der Waals surface area contributed by atoms with Crippen molar-refractivity contribution in [2.24, 2.45) is 5.92 Å². The van der Waals surface area contributed by atoms with E-state index >= 15 is 0 Å².